The smallest absolute Gasteiger partial charge is 0.270 e. The molecule has 0 amide bonds. The number of hydrogen-bond donors (Lipinski definition) is 0. The van der Waals surface area contributed by atoms with Gasteiger partial charge in [-0.1, -0.05) is 28.1 Å². The Labute approximate surface area is 133 Å². The van der Waals surface area contributed by atoms with Crippen LogP contribution in [0, 0.1) is 10.1 Å². The number of carbonyl (C=O) groups excluding carboxylic acids is 1. The number of halogens is 1. The van der Waals surface area contributed by atoms with Crippen molar-refractivity contribution in [1.29, 1.82) is 0 Å². The molecule has 1 heterocycles. The molecule has 0 aromatic heterocycles. The summed E-state index contributed by atoms with van der Waals surface area (Å²) < 4.78 is 10.6. The summed E-state index contributed by atoms with van der Waals surface area (Å²) in [5.41, 5.74) is 1.31. The van der Waals surface area contributed by atoms with Crippen molar-refractivity contribution >= 4 is 27.4 Å². The molecule has 0 radical (unpaired) electrons. The van der Waals surface area contributed by atoms with E-state index in [4.69, 9.17) is 9.47 Å². The highest BCUT2D eigenvalue weighted by molar-refractivity contribution is 9.08. The standard InChI is InChI=1S/C15H10BrNO5/c16-7-10-5-13-14(22-8-21-13)6-12(10)15(18)9-2-1-3-11(4-9)17(19)20/h1-6H,7-8H2. The van der Waals surface area contributed by atoms with Crippen molar-refractivity contribution in [3.05, 3.63) is 63.2 Å². The molecule has 0 unspecified atom stereocenters. The van der Waals surface area contributed by atoms with E-state index in [-0.39, 0.29) is 23.8 Å². The molecule has 22 heavy (non-hydrogen) atoms. The molecule has 1 aliphatic heterocycles. The fraction of sp³-hybridized carbons (Fsp3) is 0.133. The second-order valence-electron chi connectivity index (χ2n) is 4.63. The highest BCUT2D eigenvalue weighted by Crippen LogP contribution is 2.36. The van der Waals surface area contributed by atoms with Gasteiger partial charge in [0.05, 0.1) is 4.92 Å². The minimum absolute atomic E-state index is 0.117. The van der Waals surface area contributed by atoms with E-state index in [0.29, 0.717) is 22.4 Å². The van der Waals surface area contributed by atoms with E-state index in [2.05, 4.69) is 15.9 Å². The predicted molar refractivity (Wildman–Crippen MR) is 81.7 cm³/mol. The molecule has 6 nitrogen and oxygen atoms in total. The minimum atomic E-state index is -0.526. The van der Waals surface area contributed by atoms with Gasteiger partial charge >= 0.3 is 0 Å². The molecule has 0 spiro atoms. The lowest BCUT2D eigenvalue weighted by atomic mass is 9.98. The third-order valence-corrected chi connectivity index (χ3v) is 3.91. The van der Waals surface area contributed by atoms with Crippen LogP contribution in [0.4, 0.5) is 5.69 Å². The fourth-order valence-corrected chi connectivity index (χ4v) is 2.69. The first-order valence-electron chi connectivity index (χ1n) is 6.38. The summed E-state index contributed by atoms with van der Waals surface area (Å²) in [5.74, 6) is 0.792. The van der Waals surface area contributed by atoms with Crippen molar-refractivity contribution < 1.29 is 19.2 Å². The molecule has 2 aromatic carbocycles. The highest BCUT2D eigenvalue weighted by Gasteiger charge is 2.22. The number of non-ortho nitro benzene ring substituents is 1. The molecule has 0 aliphatic carbocycles. The number of nitro groups is 1. The van der Waals surface area contributed by atoms with Gasteiger partial charge in [0.25, 0.3) is 5.69 Å². The van der Waals surface area contributed by atoms with Crippen LogP contribution in [0.5, 0.6) is 11.5 Å². The molecule has 0 bridgehead atoms. The third kappa shape index (κ3) is 2.55. The molecule has 3 rings (SSSR count). The normalized spacial score (nSPS) is 12.2. The van der Waals surface area contributed by atoms with Gasteiger partial charge in [-0.2, -0.15) is 0 Å². The van der Waals surface area contributed by atoms with E-state index in [9.17, 15) is 14.9 Å². The van der Waals surface area contributed by atoms with Crippen LogP contribution in [-0.4, -0.2) is 17.5 Å². The molecule has 1 aliphatic rings. The van der Waals surface area contributed by atoms with Gasteiger partial charge in [-0.05, 0) is 17.7 Å². The monoisotopic (exact) mass is 363 g/mol. The maximum atomic E-state index is 12.7. The Morgan fingerprint density at radius 3 is 2.64 bits per heavy atom. The Bertz CT molecular complexity index is 775. The van der Waals surface area contributed by atoms with Gasteiger partial charge in [-0.3, -0.25) is 14.9 Å². The van der Waals surface area contributed by atoms with Crippen molar-refractivity contribution in [3.8, 4) is 11.5 Å². The lowest BCUT2D eigenvalue weighted by Crippen LogP contribution is -2.05. The quantitative estimate of drug-likeness (QED) is 0.359. The van der Waals surface area contributed by atoms with Crippen LogP contribution in [0.25, 0.3) is 0 Å². The second-order valence-corrected chi connectivity index (χ2v) is 5.19. The third-order valence-electron chi connectivity index (χ3n) is 3.31. The molecule has 7 heteroatoms. The maximum absolute atomic E-state index is 12.7. The number of nitro benzene ring substituents is 1. The fourth-order valence-electron chi connectivity index (χ4n) is 2.22. The molecular weight excluding hydrogens is 354 g/mol. The van der Waals surface area contributed by atoms with Crippen molar-refractivity contribution in [1.82, 2.24) is 0 Å². The Kier molecular flexibility index (Phi) is 3.81. The van der Waals surface area contributed by atoms with Crippen LogP contribution in [0.15, 0.2) is 36.4 Å². The topological polar surface area (TPSA) is 78.7 Å². The molecule has 0 atom stereocenters. The zero-order valence-corrected chi connectivity index (χ0v) is 12.8. The highest BCUT2D eigenvalue weighted by atomic mass is 79.9. The van der Waals surface area contributed by atoms with Crippen LogP contribution in [0.3, 0.4) is 0 Å². The first-order valence-corrected chi connectivity index (χ1v) is 7.50. The van der Waals surface area contributed by atoms with Crippen LogP contribution < -0.4 is 9.47 Å². The summed E-state index contributed by atoms with van der Waals surface area (Å²) in [7, 11) is 0. The summed E-state index contributed by atoms with van der Waals surface area (Å²) in [6.07, 6.45) is 0. The van der Waals surface area contributed by atoms with Crippen molar-refractivity contribution in [2.45, 2.75) is 5.33 Å². The zero-order valence-electron chi connectivity index (χ0n) is 11.2. The summed E-state index contributed by atoms with van der Waals surface area (Å²) in [4.78, 5) is 23.0. The van der Waals surface area contributed by atoms with Gasteiger partial charge < -0.3 is 9.47 Å². The Balaban J connectivity index is 2.05. The number of rotatable bonds is 4. The number of carbonyl (C=O) groups is 1. The van der Waals surface area contributed by atoms with Gasteiger partial charge in [0.2, 0.25) is 6.79 Å². The van der Waals surface area contributed by atoms with Gasteiger partial charge in [0.1, 0.15) is 0 Å². The summed E-state index contributed by atoms with van der Waals surface area (Å²) in [5, 5.41) is 11.3. The number of benzene rings is 2. The number of alkyl halides is 1. The Morgan fingerprint density at radius 2 is 1.95 bits per heavy atom. The van der Waals surface area contributed by atoms with Gasteiger partial charge in [0, 0.05) is 28.6 Å². The van der Waals surface area contributed by atoms with Gasteiger partial charge in [-0.15, -0.1) is 0 Å². The number of nitrogens with zero attached hydrogens (tertiary/aromatic N) is 1. The average molecular weight is 364 g/mol. The molecule has 112 valence electrons. The summed E-state index contributed by atoms with van der Waals surface area (Å²) in [6.45, 7) is 0.117. The van der Waals surface area contributed by atoms with Crippen LogP contribution >= 0.6 is 15.9 Å². The molecule has 0 saturated carbocycles. The van der Waals surface area contributed by atoms with Crippen LogP contribution in [0.1, 0.15) is 21.5 Å². The molecule has 2 aromatic rings. The van der Waals surface area contributed by atoms with Crippen LogP contribution in [-0.2, 0) is 5.33 Å². The maximum Gasteiger partial charge on any atom is 0.270 e. The second kappa shape index (κ2) is 5.76. The number of fused-ring (bicyclic) bond motifs is 1. The van der Waals surface area contributed by atoms with E-state index >= 15 is 0 Å². The molecular formula is C15H10BrNO5. The van der Waals surface area contributed by atoms with E-state index in [1.165, 1.54) is 18.2 Å². The van der Waals surface area contributed by atoms with E-state index in [0.717, 1.165) is 5.56 Å². The molecule has 0 N–H and O–H groups in total. The predicted octanol–water partition coefficient (Wildman–Crippen LogP) is 3.45. The van der Waals surface area contributed by atoms with Gasteiger partial charge in [0.15, 0.2) is 17.3 Å². The lowest BCUT2D eigenvalue weighted by Gasteiger charge is -2.08. The summed E-state index contributed by atoms with van der Waals surface area (Å²) >= 11 is 3.34. The number of ether oxygens (including phenoxy) is 2. The summed E-state index contributed by atoms with van der Waals surface area (Å²) in [6, 6.07) is 9.01. The SMILES string of the molecule is O=C(c1cccc([N+](=O)[O-])c1)c1cc2c(cc1CBr)OCO2. The lowest BCUT2D eigenvalue weighted by molar-refractivity contribution is -0.384. The molecule has 0 fully saturated rings. The van der Waals surface area contributed by atoms with Gasteiger partial charge in [-0.25, -0.2) is 0 Å². The van der Waals surface area contributed by atoms with E-state index < -0.39 is 4.92 Å². The first-order chi connectivity index (χ1) is 10.6. The first kappa shape index (κ1) is 14.5. The Hall–Kier alpha value is -2.41. The van der Waals surface area contributed by atoms with Crippen molar-refractivity contribution in [2.24, 2.45) is 0 Å². The largest absolute Gasteiger partial charge is 0.454 e. The number of hydrogen-bond acceptors (Lipinski definition) is 5. The van der Waals surface area contributed by atoms with Crippen LogP contribution in [0.2, 0.25) is 0 Å². The average Bonchev–Trinajstić information content (AvgIpc) is 3.00. The Morgan fingerprint density at radius 1 is 1.23 bits per heavy atom. The molecule has 0 saturated heterocycles. The number of ketones is 1. The van der Waals surface area contributed by atoms with Crippen molar-refractivity contribution in [2.75, 3.05) is 6.79 Å². The zero-order chi connectivity index (χ0) is 15.7. The minimum Gasteiger partial charge on any atom is -0.454 e. The van der Waals surface area contributed by atoms with E-state index in [1.807, 2.05) is 0 Å². The van der Waals surface area contributed by atoms with E-state index in [1.54, 1.807) is 18.2 Å². The van der Waals surface area contributed by atoms with Crippen molar-refractivity contribution in [3.63, 3.8) is 0 Å².